The number of methoxy groups -OCH3 is 1. The van der Waals surface area contributed by atoms with Gasteiger partial charge in [0.05, 0.1) is 25.0 Å². The Kier molecular flexibility index (Phi) is 4.55. The van der Waals surface area contributed by atoms with E-state index < -0.39 is 15.3 Å². The number of hydrogen-bond donors (Lipinski definition) is 1. The molecule has 0 amide bonds. The molecule has 0 spiro atoms. The van der Waals surface area contributed by atoms with Crippen LogP contribution in [0.2, 0.25) is 0 Å². The van der Waals surface area contributed by atoms with Gasteiger partial charge in [-0.2, -0.15) is 0 Å². The molecule has 2 N–H and O–H groups in total. The lowest BCUT2D eigenvalue weighted by Gasteiger charge is -2.40. The molecule has 1 saturated heterocycles. The molecule has 1 heterocycles. The molecule has 0 aromatic carbocycles. The lowest BCUT2D eigenvalue weighted by molar-refractivity contribution is -0.144. The minimum absolute atomic E-state index is 0.123. The first-order chi connectivity index (χ1) is 7.85. The topological polar surface area (TPSA) is 86.5 Å². The molecule has 1 atom stereocenters. The van der Waals surface area contributed by atoms with Gasteiger partial charge in [0.25, 0.3) is 0 Å². The molecule has 1 rings (SSSR count). The van der Waals surface area contributed by atoms with Crippen LogP contribution in [0.25, 0.3) is 0 Å². The lowest BCUT2D eigenvalue weighted by Crippen LogP contribution is -2.48. The van der Waals surface area contributed by atoms with Gasteiger partial charge in [-0.05, 0) is 24.7 Å². The average molecular weight is 263 g/mol. The van der Waals surface area contributed by atoms with Gasteiger partial charge >= 0.3 is 5.97 Å². The van der Waals surface area contributed by atoms with Crippen LogP contribution in [0.5, 0.6) is 0 Å². The Morgan fingerprint density at radius 3 is 2.35 bits per heavy atom. The van der Waals surface area contributed by atoms with E-state index in [0.717, 1.165) is 6.42 Å². The monoisotopic (exact) mass is 263 g/mol. The Hall–Kier alpha value is -0.620. The van der Waals surface area contributed by atoms with E-state index in [1.54, 1.807) is 0 Å². The van der Waals surface area contributed by atoms with Gasteiger partial charge in [0, 0.05) is 6.04 Å². The van der Waals surface area contributed by atoms with E-state index in [9.17, 15) is 13.2 Å². The van der Waals surface area contributed by atoms with Crippen molar-refractivity contribution >= 4 is 15.8 Å². The van der Waals surface area contributed by atoms with Crippen molar-refractivity contribution in [1.29, 1.82) is 0 Å². The fourth-order valence-corrected chi connectivity index (χ4v) is 4.06. The molecule has 0 radical (unpaired) electrons. The molecule has 0 aromatic heterocycles. The van der Waals surface area contributed by atoms with Gasteiger partial charge in [-0.15, -0.1) is 0 Å². The fraction of sp³-hybridized carbons (Fsp3) is 0.909. The molecule has 1 aliphatic rings. The number of carbonyl (C=O) groups is 1. The van der Waals surface area contributed by atoms with E-state index in [1.807, 2.05) is 6.92 Å². The Labute approximate surface area is 103 Å². The Morgan fingerprint density at radius 1 is 1.41 bits per heavy atom. The number of hydrogen-bond acceptors (Lipinski definition) is 5. The van der Waals surface area contributed by atoms with E-state index in [1.165, 1.54) is 7.11 Å². The average Bonchev–Trinajstić information content (AvgIpc) is 2.31. The van der Waals surface area contributed by atoms with Gasteiger partial charge in [-0.25, -0.2) is 8.42 Å². The maximum absolute atomic E-state index is 11.4. The summed E-state index contributed by atoms with van der Waals surface area (Å²) < 4.78 is 27.6. The first-order valence-electron chi connectivity index (χ1n) is 5.88. The van der Waals surface area contributed by atoms with Crippen molar-refractivity contribution in [2.75, 3.05) is 18.6 Å². The van der Waals surface area contributed by atoms with Gasteiger partial charge in [-0.3, -0.25) is 4.79 Å². The normalized spacial score (nSPS) is 23.9. The van der Waals surface area contributed by atoms with Crippen molar-refractivity contribution in [2.24, 2.45) is 11.1 Å². The summed E-state index contributed by atoms with van der Waals surface area (Å²) in [5.74, 6) is -0.0664. The summed E-state index contributed by atoms with van der Waals surface area (Å²) in [5, 5.41) is 0. The van der Waals surface area contributed by atoms with E-state index in [-0.39, 0.29) is 29.9 Å². The molecule has 100 valence electrons. The lowest BCUT2D eigenvalue weighted by atomic mass is 9.72. The van der Waals surface area contributed by atoms with Crippen LogP contribution in [-0.2, 0) is 19.4 Å². The summed E-state index contributed by atoms with van der Waals surface area (Å²) in [6.07, 6.45) is 1.87. The first kappa shape index (κ1) is 14.4. The third-order valence-corrected chi connectivity index (χ3v) is 5.42. The second-order valence-electron chi connectivity index (χ2n) is 4.78. The molecule has 0 saturated carbocycles. The van der Waals surface area contributed by atoms with Crippen molar-refractivity contribution < 1.29 is 17.9 Å². The summed E-state index contributed by atoms with van der Waals surface area (Å²) in [4.78, 5) is 11.4. The van der Waals surface area contributed by atoms with Crippen LogP contribution in [0, 0.1) is 5.41 Å². The van der Waals surface area contributed by atoms with Crippen molar-refractivity contribution in [3.05, 3.63) is 0 Å². The number of carbonyl (C=O) groups excluding carboxylic acids is 1. The van der Waals surface area contributed by atoms with Crippen molar-refractivity contribution in [3.63, 3.8) is 0 Å². The highest BCUT2D eigenvalue weighted by Gasteiger charge is 2.42. The van der Waals surface area contributed by atoms with Gasteiger partial charge in [0.15, 0.2) is 0 Å². The molecule has 0 bridgehead atoms. The Morgan fingerprint density at radius 2 is 1.94 bits per heavy atom. The summed E-state index contributed by atoms with van der Waals surface area (Å²) in [5.41, 5.74) is 5.66. The van der Waals surface area contributed by atoms with Crippen LogP contribution in [0.15, 0.2) is 0 Å². The molecule has 1 aliphatic heterocycles. The molecule has 1 unspecified atom stereocenters. The Balaban J connectivity index is 2.85. The van der Waals surface area contributed by atoms with Crippen LogP contribution in [0.1, 0.15) is 32.6 Å². The summed E-state index contributed by atoms with van der Waals surface area (Å²) in [6.45, 7) is 1.95. The van der Waals surface area contributed by atoms with Crippen molar-refractivity contribution in [1.82, 2.24) is 0 Å². The summed E-state index contributed by atoms with van der Waals surface area (Å²) in [7, 11) is -1.61. The second-order valence-corrected chi connectivity index (χ2v) is 7.09. The fourth-order valence-electron chi connectivity index (χ4n) is 2.42. The van der Waals surface area contributed by atoms with Crippen molar-refractivity contribution in [3.8, 4) is 0 Å². The van der Waals surface area contributed by atoms with Crippen LogP contribution < -0.4 is 5.73 Å². The Bertz CT molecular complexity index is 363. The first-order valence-corrected chi connectivity index (χ1v) is 7.70. The minimum atomic E-state index is -2.95. The number of esters is 1. The number of nitrogens with two attached hydrogens (primary N) is 1. The molecule has 0 aliphatic carbocycles. The second kappa shape index (κ2) is 5.35. The van der Waals surface area contributed by atoms with Crippen molar-refractivity contribution in [2.45, 2.75) is 38.6 Å². The quantitative estimate of drug-likeness (QED) is 0.746. The molecular formula is C11H21NO4S. The zero-order valence-corrected chi connectivity index (χ0v) is 11.3. The summed E-state index contributed by atoms with van der Waals surface area (Å²) in [6, 6.07) is -0.155. The van der Waals surface area contributed by atoms with Crippen LogP contribution in [0.3, 0.4) is 0 Å². The highest BCUT2D eigenvalue weighted by atomic mass is 32.2. The number of ether oxygens (including phenoxy) is 1. The third-order valence-electron chi connectivity index (χ3n) is 3.77. The maximum Gasteiger partial charge on any atom is 0.306 e. The highest BCUT2D eigenvalue weighted by molar-refractivity contribution is 7.91. The SMILES string of the molecule is CCC(N)C1(CC(=O)OC)CCS(=O)(=O)CC1. The number of rotatable bonds is 4. The minimum Gasteiger partial charge on any atom is -0.469 e. The van der Waals surface area contributed by atoms with Crippen LogP contribution in [-0.4, -0.2) is 39.0 Å². The molecule has 17 heavy (non-hydrogen) atoms. The number of sulfone groups is 1. The third kappa shape index (κ3) is 3.42. The van der Waals surface area contributed by atoms with E-state index in [2.05, 4.69) is 4.74 Å². The van der Waals surface area contributed by atoms with E-state index >= 15 is 0 Å². The highest BCUT2D eigenvalue weighted by Crippen LogP contribution is 2.39. The molecule has 6 heteroatoms. The van der Waals surface area contributed by atoms with Gasteiger partial charge in [0.2, 0.25) is 0 Å². The summed E-state index contributed by atoms with van der Waals surface area (Å²) >= 11 is 0. The van der Waals surface area contributed by atoms with Gasteiger partial charge < -0.3 is 10.5 Å². The maximum atomic E-state index is 11.4. The zero-order chi connectivity index (χ0) is 13.1. The van der Waals surface area contributed by atoms with E-state index in [4.69, 9.17) is 5.73 Å². The van der Waals surface area contributed by atoms with Gasteiger partial charge in [-0.1, -0.05) is 6.92 Å². The molecule has 0 aromatic rings. The van der Waals surface area contributed by atoms with Crippen LogP contribution in [0.4, 0.5) is 0 Å². The predicted octanol–water partition coefficient (Wildman–Crippen LogP) is 0.482. The largest absolute Gasteiger partial charge is 0.469 e. The molecule has 5 nitrogen and oxygen atoms in total. The van der Waals surface area contributed by atoms with E-state index in [0.29, 0.717) is 12.8 Å². The zero-order valence-electron chi connectivity index (χ0n) is 10.4. The molecule has 1 fully saturated rings. The standard InChI is InChI=1S/C11H21NO4S/c1-3-9(12)11(8-10(13)16-2)4-6-17(14,15)7-5-11/h9H,3-8,12H2,1-2H3. The smallest absolute Gasteiger partial charge is 0.306 e. The molecular weight excluding hydrogens is 242 g/mol. The van der Waals surface area contributed by atoms with Gasteiger partial charge in [0.1, 0.15) is 9.84 Å². The van der Waals surface area contributed by atoms with Crippen LogP contribution >= 0.6 is 0 Å². The predicted molar refractivity (Wildman–Crippen MR) is 65.2 cm³/mol.